The number of aromatic nitrogens is 1. The SMILES string of the molecule is Cc1ccnc(N(C)Cc2ccccc2Br)c1C(N)=S. The van der Waals surface area contributed by atoms with E-state index in [-0.39, 0.29) is 0 Å². The smallest absolute Gasteiger partial charge is 0.139 e. The number of hydrogen-bond acceptors (Lipinski definition) is 3. The first-order valence-corrected chi connectivity index (χ1v) is 7.40. The molecular weight excluding hydrogens is 334 g/mol. The van der Waals surface area contributed by atoms with Gasteiger partial charge in [-0.15, -0.1) is 0 Å². The molecule has 2 aromatic rings. The van der Waals surface area contributed by atoms with Gasteiger partial charge in [0.15, 0.2) is 0 Å². The van der Waals surface area contributed by atoms with E-state index in [1.165, 1.54) is 5.56 Å². The van der Waals surface area contributed by atoms with Crippen LogP contribution in [0, 0.1) is 6.92 Å². The minimum Gasteiger partial charge on any atom is -0.389 e. The van der Waals surface area contributed by atoms with Crippen LogP contribution >= 0.6 is 28.1 Å². The Morgan fingerprint density at radius 2 is 2.05 bits per heavy atom. The average Bonchev–Trinajstić information content (AvgIpc) is 2.40. The Morgan fingerprint density at radius 3 is 2.70 bits per heavy atom. The van der Waals surface area contributed by atoms with Gasteiger partial charge in [-0.1, -0.05) is 46.3 Å². The highest BCUT2D eigenvalue weighted by molar-refractivity contribution is 9.10. The van der Waals surface area contributed by atoms with Crippen LogP contribution in [-0.2, 0) is 6.54 Å². The highest BCUT2D eigenvalue weighted by atomic mass is 79.9. The van der Waals surface area contributed by atoms with Gasteiger partial charge in [-0.05, 0) is 30.2 Å². The van der Waals surface area contributed by atoms with E-state index in [1.807, 2.05) is 38.2 Å². The summed E-state index contributed by atoms with van der Waals surface area (Å²) >= 11 is 8.71. The number of pyridine rings is 1. The molecule has 0 aliphatic heterocycles. The molecule has 1 heterocycles. The molecule has 0 bridgehead atoms. The lowest BCUT2D eigenvalue weighted by Gasteiger charge is -2.22. The van der Waals surface area contributed by atoms with Gasteiger partial charge in [0.2, 0.25) is 0 Å². The molecule has 2 N–H and O–H groups in total. The molecular formula is C15H16BrN3S. The fourth-order valence-corrected chi connectivity index (χ4v) is 2.76. The van der Waals surface area contributed by atoms with E-state index in [1.54, 1.807) is 6.20 Å². The van der Waals surface area contributed by atoms with Crippen molar-refractivity contribution in [1.82, 2.24) is 4.98 Å². The van der Waals surface area contributed by atoms with Crippen LogP contribution < -0.4 is 10.6 Å². The van der Waals surface area contributed by atoms with Crippen molar-refractivity contribution >= 4 is 39.0 Å². The van der Waals surface area contributed by atoms with Gasteiger partial charge in [-0.25, -0.2) is 4.98 Å². The molecule has 0 aliphatic rings. The Balaban J connectivity index is 2.35. The summed E-state index contributed by atoms with van der Waals surface area (Å²) in [5.41, 5.74) is 8.91. The number of nitrogens with two attached hydrogens (primary N) is 1. The number of halogens is 1. The molecule has 0 amide bonds. The standard InChI is InChI=1S/C15H16BrN3S/c1-10-7-8-18-15(13(10)14(17)20)19(2)9-11-5-3-4-6-12(11)16/h3-8H,9H2,1-2H3,(H2,17,20). The second-order valence-electron chi connectivity index (χ2n) is 4.64. The predicted molar refractivity (Wildman–Crippen MR) is 91.1 cm³/mol. The molecule has 5 heteroatoms. The summed E-state index contributed by atoms with van der Waals surface area (Å²) in [6.07, 6.45) is 1.78. The monoisotopic (exact) mass is 349 g/mol. The van der Waals surface area contributed by atoms with E-state index >= 15 is 0 Å². The number of rotatable bonds is 4. The molecule has 0 atom stereocenters. The Morgan fingerprint density at radius 1 is 1.35 bits per heavy atom. The molecule has 0 saturated heterocycles. The maximum Gasteiger partial charge on any atom is 0.139 e. The Hall–Kier alpha value is -1.46. The van der Waals surface area contributed by atoms with E-state index < -0.39 is 0 Å². The number of benzene rings is 1. The number of nitrogens with zero attached hydrogens (tertiary/aromatic N) is 2. The van der Waals surface area contributed by atoms with Crippen LogP contribution in [0.1, 0.15) is 16.7 Å². The van der Waals surface area contributed by atoms with Crippen molar-refractivity contribution in [3.63, 3.8) is 0 Å². The van der Waals surface area contributed by atoms with Gasteiger partial charge < -0.3 is 10.6 Å². The van der Waals surface area contributed by atoms with Crippen LogP contribution in [0.5, 0.6) is 0 Å². The van der Waals surface area contributed by atoms with Crippen LogP contribution in [0.15, 0.2) is 41.0 Å². The first-order chi connectivity index (χ1) is 9.50. The predicted octanol–water partition coefficient (Wildman–Crippen LogP) is 3.42. The zero-order chi connectivity index (χ0) is 14.7. The Bertz CT molecular complexity index is 643. The average molecular weight is 350 g/mol. The molecule has 0 aliphatic carbocycles. The van der Waals surface area contributed by atoms with E-state index in [0.29, 0.717) is 4.99 Å². The molecule has 104 valence electrons. The third-order valence-corrected chi connectivity index (χ3v) is 4.09. The molecule has 20 heavy (non-hydrogen) atoms. The molecule has 1 aromatic carbocycles. The molecule has 1 aromatic heterocycles. The third-order valence-electron chi connectivity index (χ3n) is 3.11. The summed E-state index contributed by atoms with van der Waals surface area (Å²) in [5, 5.41) is 0. The van der Waals surface area contributed by atoms with Crippen molar-refractivity contribution in [1.29, 1.82) is 0 Å². The van der Waals surface area contributed by atoms with Gasteiger partial charge in [-0.3, -0.25) is 0 Å². The Kier molecular flexibility index (Phi) is 4.73. The zero-order valence-corrected chi connectivity index (χ0v) is 13.8. The first-order valence-electron chi connectivity index (χ1n) is 6.20. The van der Waals surface area contributed by atoms with Gasteiger partial charge in [0.25, 0.3) is 0 Å². The van der Waals surface area contributed by atoms with Crippen molar-refractivity contribution in [2.75, 3.05) is 11.9 Å². The van der Waals surface area contributed by atoms with Crippen LogP contribution in [0.3, 0.4) is 0 Å². The second kappa shape index (κ2) is 6.33. The van der Waals surface area contributed by atoms with Gasteiger partial charge in [0, 0.05) is 24.3 Å². The fourth-order valence-electron chi connectivity index (χ4n) is 2.09. The lowest BCUT2D eigenvalue weighted by atomic mass is 10.1. The van der Waals surface area contributed by atoms with E-state index in [2.05, 4.69) is 31.9 Å². The summed E-state index contributed by atoms with van der Waals surface area (Å²) in [6, 6.07) is 10.0. The summed E-state index contributed by atoms with van der Waals surface area (Å²) in [4.78, 5) is 6.87. The van der Waals surface area contributed by atoms with Crippen LogP contribution in [-0.4, -0.2) is 17.0 Å². The number of anilines is 1. The number of aryl methyl sites for hydroxylation is 1. The van der Waals surface area contributed by atoms with Crippen molar-refractivity contribution < 1.29 is 0 Å². The van der Waals surface area contributed by atoms with Crippen molar-refractivity contribution in [3.8, 4) is 0 Å². The van der Waals surface area contributed by atoms with Crippen molar-refractivity contribution in [3.05, 3.63) is 57.7 Å². The lowest BCUT2D eigenvalue weighted by molar-refractivity contribution is 0.890. The summed E-state index contributed by atoms with van der Waals surface area (Å²) in [6.45, 7) is 2.72. The number of hydrogen-bond donors (Lipinski definition) is 1. The summed E-state index contributed by atoms with van der Waals surface area (Å²) in [7, 11) is 1.99. The largest absolute Gasteiger partial charge is 0.389 e. The minimum absolute atomic E-state index is 0.379. The van der Waals surface area contributed by atoms with E-state index in [0.717, 1.165) is 28.0 Å². The summed E-state index contributed by atoms with van der Waals surface area (Å²) in [5.74, 6) is 0.813. The summed E-state index contributed by atoms with van der Waals surface area (Å²) < 4.78 is 1.08. The fraction of sp³-hybridized carbons (Fsp3) is 0.200. The molecule has 2 rings (SSSR count). The van der Waals surface area contributed by atoms with E-state index in [4.69, 9.17) is 18.0 Å². The zero-order valence-electron chi connectivity index (χ0n) is 11.4. The van der Waals surface area contributed by atoms with Gasteiger partial charge in [-0.2, -0.15) is 0 Å². The van der Waals surface area contributed by atoms with Gasteiger partial charge >= 0.3 is 0 Å². The Labute approximate surface area is 132 Å². The molecule has 0 radical (unpaired) electrons. The normalized spacial score (nSPS) is 10.3. The second-order valence-corrected chi connectivity index (χ2v) is 5.93. The highest BCUT2D eigenvalue weighted by Crippen LogP contribution is 2.24. The molecule has 0 fully saturated rings. The highest BCUT2D eigenvalue weighted by Gasteiger charge is 2.14. The molecule has 0 unspecified atom stereocenters. The maximum absolute atomic E-state index is 5.83. The third kappa shape index (κ3) is 3.16. The van der Waals surface area contributed by atoms with Gasteiger partial charge in [0.05, 0.1) is 5.56 Å². The quantitative estimate of drug-likeness (QED) is 0.858. The lowest BCUT2D eigenvalue weighted by Crippen LogP contribution is -2.23. The van der Waals surface area contributed by atoms with Crippen LogP contribution in [0.2, 0.25) is 0 Å². The first kappa shape index (κ1) is 14.9. The van der Waals surface area contributed by atoms with Crippen LogP contribution in [0.4, 0.5) is 5.82 Å². The minimum atomic E-state index is 0.379. The maximum atomic E-state index is 5.83. The molecule has 0 spiro atoms. The van der Waals surface area contributed by atoms with Gasteiger partial charge in [0.1, 0.15) is 10.8 Å². The molecule has 3 nitrogen and oxygen atoms in total. The van der Waals surface area contributed by atoms with E-state index in [9.17, 15) is 0 Å². The van der Waals surface area contributed by atoms with Crippen molar-refractivity contribution in [2.24, 2.45) is 5.73 Å². The van der Waals surface area contributed by atoms with Crippen LogP contribution in [0.25, 0.3) is 0 Å². The molecule has 0 saturated carbocycles. The number of thiocarbonyl (C=S) groups is 1. The topological polar surface area (TPSA) is 42.2 Å². The van der Waals surface area contributed by atoms with Crippen molar-refractivity contribution in [2.45, 2.75) is 13.5 Å².